The number of hydrogen-bond acceptors (Lipinski definition) is 7. The second kappa shape index (κ2) is 13.6. The third-order valence-corrected chi connectivity index (χ3v) is 9.40. The first-order valence-corrected chi connectivity index (χ1v) is 15.5. The van der Waals surface area contributed by atoms with Gasteiger partial charge in [0, 0.05) is 49.3 Å². The highest BCUT2D eigenvalue weighted by atomic mass is 79.9. The predicted molar refractivity (Wildman–Crippen MR) is 173 cm³/mol. The van der Waals surface area contributed by atoms with E-state index in [0.717, 1.165) is 0 Å². The van der Waals surface area contributed by atoms with E-state index in [0.29, 0.717) is 48.2 Å². The van der Waals surface area contributed by atoms with E-state index in [1.807, 2.05) is 31.7 Å². The number of nitriles is 2. The normalized spacial score (nSPS) is 13.3. The van der Waals surface area contributed by atoms with Crippen molar-refractivity contribution in [3.05, 3.63) is 71.3 Å². The molecule has 44 heavy (non-hydrogen) atoms. The number of carbonyl (C=O) groups is 1. The number of pyridine rings is 2. The van der Waals surface area contributed by atoms with Crippen LogP contribution >= 0.6 is 66.7 Å². The van der Waals surface area contributed by atoms with Gasteiger partial charge in [-0.15, -0.1) is 0 Å². The molecule has 3 heterocycles. The van der Waals surface area contributed by atoms with Gasteiger partial charge in [0.2, 0.25) is 0 Å². The van der Waals surface area contributed by atoms with Gasteiger partial charge in [-0.1, -0.05) is 34.8 Å². The van der Waals surface area contributed by atoms with Gasteiger partial charge in [-0.3, -0.25) is 9.97 Å². The molecule has 0 aliphatic carbocycles. The summed E-state index contributed by atoms with van der Waals surface area (Å²) in [6, 6.07) is 7.06. The highest BCUT2D eigenvalue weighted by molar-refractivity contribution is 9.10. The first-order chi connectivity index (χ1) is 20.7. The Kier molecular flexibility index (Phi) is 10.4. The highest BCUT2D eigenvalue weighted by Gasteiger charge is 2.28. The Balaban J connectivity index is 0.000000233. The van der Waals surface area contributed by atoms with Gasteiger partial charge in [-0.05, 0) is 64.8 Å². The highest BCUT2D eigenvalue weighted by Crippen LogP contribution is 2.38. The van der Waals surface area contributed by atoms with Crippen molar-refractivity contribution in [1.29, 1.82) is 10.5 Å². The second-order valence-corrected chi connectivity index (χ2v) is 13.2. The second-order valence-electron chi connectivity index (χ2n) is 10.4. The van der Waals surface area contributed by atoms with Crippen LogP contribution in [0.4, 0.5) is 19.3 Å². The first kappa shape index (κ1) is 33.9. The average molecular weight is 790 g/mol. The monoisotopic (exact) mass is 786 g/mol. The van der Waals surface area contributed by atoms with Gasteiger partial charge in [0.05, 0.1) is 40.8 Å². The lowest BCUT2D eigenvalue weighted by Gasteiger charge is -2.37. The Morgan fingerprint density at radius 2 is 1.36 bits per heavy atom. The maximum Gasteiger partial charge on any atom is 0.410 e. The van der Waals surface area contributed by atoms with Crippen molar-refractivity contribution in [3.63, 3.8) is 0 Å². The fourth-order valence-corrected chi connectivity index (χ4v) is 5.60. The number of rotatable bonds is 1. The number of amides is 1. The summed E-state index contributed by atoms with van der Waals surface area (Å²) in [4.78, 5) is 23.8. The molecule has 0 spiro atoms. The van der Waals surface area contributed by atoms with Crippen LogP contribution in [-0.2, 0) is 4.74 Å². The Morgan fingerprint density at radius 3 is 1.86 bits per heavy atom. The van der Waals surface area contributed by atoms with Gasteiger partial charge < -0.3 is 14.5 Å². The van der Waals surface area contributed by atoms with Crippen LogP contribution in [0.2, 0.25) is 15.1 Å². The third kappa shape index (κ3) is 6.95. The van der Waals surface area contributed by atoms with Gasteiger partial charge in [0.15, 0.2) is 11.6 Å². The summed E-state index contributed by atoms with van der Waals surface area (Å²) in [5, 5.41) is 19.6. The maximum atomic E-state index is 14.6. The molecular formula is C29H21Br2Cl3F2N6O2. The molecule has 1 aliphatic rings. The van der Waals surface area contributed by atoms with E-state index < -0.39 is 17.2 Å². The van der Waals surface area contributed by atoms with Crippen LogP contribution < -0.4 is 4.90 Å². The van der Waals surface area contributed by atoms with Crippen LogP contribution in [0.25, 0.3) is 21.8 Å². The molecule has 0 bridgehead atoms. The zero-order chi connectivity index (χ0) is 32.5. The number of aromatic nitrogens is 2. The Hall–Kier alpha value is -3.00. The minimum absolute atomic E-state index is 0.0836. The van der Waals surface area contributed by atoms with Crippen molar-refractivity contribution in [2.24, 2.45) is 0 Å². The predicted octanol–water partition coefficient (Wildman–Crippen LogP) is 9.03. The van der Waals surface area contributed by atoms with E-state index >= 15 is 0 Å². The number of fused-ring (bicyclic) bond motifs is 2. The largest absolute Gasteiger partial charge is 0.444 e. The molecule has 0 N–H and O–H groups in total. The van der Waals surface area contributed by atoms with Crippen molar-refractivity contribution < 1.29 is 18.3 Å². The standard InChI is InChI=1S/C19H19BrClFN4O2.C10H2BrCl2FN2/c1-19(2,3)28-18(27)26-6-4-25(5-7-26)17-11(9-23)10-24-16-12(17)8-13(21)14(20)15(16)22;11-7-6(12)1-5-8(13)4(2-15)3-16-10(5)9(7)14/h8,10H,4-7H2,1-3H3;1,3H. The SMILES string of the molecule is CC(C)(C)OC(=O)N1CCN(c2c(C#N)cnc3c(F)c(Br)c(Cl)cc23)CC1.N#Cc1cnc2c(F)c(Br)c(Cl)cc2c1Cl. The smallest absolute Gasteiger partial charge is 0.410 e. The number of benzene rings is 2. The number of hydrogen-bond donors (Lipinski definition) is 0. The van der Waals surface area contributed by atoms with Crippen molar-refractivity contribution in [3.8, 4) is 12.1 Å². The molecular weight excluding hydrogens is 769 g/mol. The molecule has 2 aromatic carbocycles. The fourth-order valence-electron chi connectivity index (χ4n) is 4.38. The summed E-state index contributed by atoms with van der Waals surface area (Å²) >= 11 is 24.0. The zero-order valence-corrected chi connectivity index (χ0v) is 28.7. The molecule has 5 rings (SSSR count). The number of ether oxygens (including phenoxy) is 1. The molecule has 0 saturated carbocycles. The van der Waals surface area contributed by atoms with Gasteiger partial charge >= 0.3 is 6.09 Å². The first-order valence-electron chi connectivity index (χ1n) is 12.8. The van der Waals surface area contributed by atoms with Crippen LogP contribution in [0.5, 0.6) is 0 Å². The summed E-state index contributed by atoms with van der Waals surface area (Å²) in [6.07, 6.45) is 2.22. The lowest BCUT2D eigenvalue weighted by Crippen LogP contribution is -2.50. The fraction of sp³-hybridized carbons (Fsp3) is 0.276. The van der Waals surface area contributed by atoms with Gasteiger partial charge in [-0.2, -0.15) is 10.5 Å². The molecule has 4 aromatic rings. The Bertz CT molecular complexity index is 1890. The van der Waals surface area contributed by atoms with E-state index in [2.05, 4.69) is 47.9 Å². The molecule has 0 radical (unpaired) electrons. The number of nitrogens with zero attached hydrogens (tertiary/aromatic N) is 6. The van der Waals surface area contributed by atoms with E-state index in [4.69, 9.17) is 44.8 Å². The van der Waals surface area contributed by atoms with Crippen LogP contribution in [-0.4, -0.2) is 52.7 Å². The van der Waals surface area contributed by atoms with Crippen LogP contribution in [0.3, 0.4) is 0 Å². The lowest BCUT2D eigenvalue weighted by atomic mass is 10.1. The van der Waals surface area contributed by atoms with Crippen LogP contribution in [0.15, 0.2) is 33.5 Å². The van der Waals surface area contributed by atoms with Gasteiger partial charge in [-0.25, -0.2) is 13.6 Å². The summed E-state index contributed by atoms with van der Waals surface area (Å²) in [5.74, 6) is -1.16. The third-order valence-electron chi connectivity index (χ3n) is 6.39. The van der Waals surface area contributed by atoms with Crippen molar-refractivity contribution in [1.82, 2.24) is 14.9 Å². The number of piperazine rings is 1. The summed E-state index contributed by atoms with van der Waals surface area (Å²) < 4.78 is 34.0. The van der Waals surface area contributed by atoms with Crippen molar-refractivity contribution in [2.75, 3.05) is 31.1 Å². The molecule has 0 atom stereocenters. The Labute approximate surface area is 283 Å². The molecule has 8 nitrogen and oxygen atoms in total. The summed E-state index contributed by atoms with van der Waals surface area (Å²) in [5.41, 5.74) is 0.748. The van der Waals surface area contributed by atoms with E-state index in [9.17, 15) is 18.8 Å². The van der Waals surface area contributed by atoms with E-state index in [-0.39, 0.29) is 46.7 Å². The minimum atomic E-state index is -0.589. The number of halogens is 7. The van der Waals surface area contributed by atoms with Crippen LogP contribution in [0, 0.1) is 34.3 Å². The molecule has 1 aliphatic heterocycles. The van der Waals surface area contributed by atoms with E-state index in [1.54, 1.807) is 11.0 Å². The molecule has 15 heteroatoms. The molecule has 228 valence electrons. The van der Waals surface area contributed by atoms with Gasteiger partial charge in [0.1, 0.15) is 28.8 Å². The molecule has 1 saturated heterocycles. The molecule has 0 unspecified atom stereocenters. The number of carbonyl (C=O) groups excluding carboxylic acids is 1. The lowest BCUT2D eigenvalue weighted by molar-refractivity contribution is 0.0240. The average Bonchev–Trinajstić information content (AvgIpc) is 2.98. The summed E-state index contributed by atoms with van der Waals surface area (Å²) in [6.45, 7) is 7.26. The molecule has 1 fully saturated rings. The molecule has 1 amide bonds. The van der Waals surface area contributed by atoms with Crippen molar-refractivity contribution >= 4 is 100 Å². The maximum absolute atomic E-state index is 14.6. The summed E-state index contributed by atoms with van der Waals surface area (Å²) in [7, 11) is 0. The molecule has 2 aromatic heterocycles. The van der Waals surface area contributed by atoms with Gasteiger partial charge in [0.25, 0.3) is 0 Å². The van der Waals surface area contributed by atoms with Crippen LogP contribution in [0.1, 0.15) is 31.9 Å². The number of anilines is 1. The quantitative estimate of drug-likeness (QED) is 0.177. The van der Waals surface area contributed by atoms with Crippen molar-refractivity contribution in [2.45, 2.75) is 26.4 Å². The zero-order valence-electron chi connectivity index (χ0n) is 23.3. The Morgan fingerprint density at radius 1 is 0.886 bits per heavy atom. The minimum Gasteiger partial charge on any atom is -0.444 e. The topological polar surface area (TPSA) is 106 Å². The van der Waals surface area contributed by atoms with E-state index in [1.165, 1.54) is 18.5 Å².